The number of sulfonamides is 1. The summed E-state index contributed by atoms with van der Waals surface area (Å²) in [7, 11) is -3.87. The van der Waals surface area contributed by atoms with E-state index in [2.05, 4.69) is 9.71 Å². The number of hydrogen-bond donors (Lipinski definition) is 2. The second kappa shape index (κ2) is 7.30. The molecule has 0 saturated carbocycles. The average molecular weight is 409 g/mol. The molecular weight excluding hydrogens is 392 g/mol. The van der Waals surface area contributed by atoms with E-state index >= 15 is 0 Å². The lowest BCUT2D eigenvalue weighted by molar-refractivity contribution is 0.0695. The maximum absolute atomic E-state index is 12.5. The fourth-order valence-corrected chi connectivity index (χ4v) is 3.94. The Hall–Kier alpha value is -2.42. The van der Waals surface area contributed by atoms with Gasteiger partial charge >= 0.3 is 5.97 Å². The molecule has 2 aromatic carbocycles. The zero-order chi connectivity index (χ0) is 19.8. The minimum atomic E-state index is -3.87. The van der Waals surface area contributed by atoms with Crippen molar-refractivity contribution in [3.05, 3.63) is 57.9 Å². The molecule has 1 heterocycles. The summed E-state index contributed by atoms with van der Waals surface area (Å²) in [6.45, 7) is 3.37. The third-order valence-electron chi connectivity index (χ3n) is 4.21. The first-order valence-corrected chi connectivity index (χ1v) is 9.92. The van der Waals surface area contributed by atoms with Crippen LogP contribution < -0.4 is 4.72 Å². The molecule has 0 radical (unpaired) electrons. The maximum Gasteiger partial charge on any atom is 0.336 e. The van der Waals surface area contributed by atoms with Crippen LogP contribution in [0, 0.1) is 13.8 Å². The number of aryl methyl sites for hydroxylation is 1. The molecule has 142 valence electrons. The van der Waals surface area contributed by atoms with Crippen molar-refractivity contribution in [2.75, 3.05) is 6.54 Å². The third kappa shape index (κ3) is 4.13. The number of carboxylic acids is 1. The number of halogens is 1. The summed E-state index contributed by atoms with van der Waals surface area (Å²) < 4.78 is 33.0. The molecule has 0 amide bonds. The Bertz CT molecular complexity index is 1140. The number of fused-ring (bicyclic) bond motifs is 1. The molecule has 0 unspecified atom stereocenters. The van der Waals surface area contributed by atoms with Crippen molar-refractivity contribution < 1.29 is 22.7 Å². The largest absolute Gasteiger partial charge is 0.478 e. The maximum atomic E-state index is 12.5. The molecule has 9 heteroatoms. The van der Waals surface area contributed by atoms with Gasteiger partial charge in [-0.05, 0) is 55.3 Å². The molecule has 1 aromatic heterocycles. The highest BCUT2D eigenvalue weighted by Crippen LogP contribution is 2.21. The summed E-state index contributed by atoms with van der Waals surface area (Å²) in [4.78, 5) is 15.5. The molecular formula is C18H17ClN2O5S. The molecule has 0 bridgehead atoms. The Morgan fingerprint density at radius 1 is 1.26 bits per heavy atom. The summed E-state index contributed by atoms with van der Waals surface area (Å²) in [6, 6.07) is 7.65. The van der Waals surface area contributed by atoms with E-state index in [-0.39, 0.29) is 23.4 Å². The summed E-state index contributed by atoms with van der Waals surface area (Å²) >= 11 is 5.90. The highest BCUT2D eigenvalue weighted by atomic mass is 35.5. The summed E-state index contributed by atoms with van der Waals surface area (Å²) in [5.41, 5.74) is 2.25. The molecule has 0 spiro atoms. The third-order valence-corrected chi connectivity index (χ3v) is 5.88. The monoisotopic (exact) mass is 408 g/mol. The van der Waals surface area contributed by atoms with Gasteiger partial charge in [0.25, 0.3) is 0 Å². The Labute approximate surface area is 161 Å². The van der Waals surface area contributed by atoms with Crippen LogP contribution in [0.15, 0.2) is 39.6 Å². The molecule has 2 N–H and O–H groups in total. The molecule has 27 heavy (non-hydrogen) atoms. The van der Waals surface area contributed by atoms with E-state index < -0.39 is 16.0 Å². The number of nitrogens with zero attached hydrogens (tertiary/aromatic N) is 1. The topological polar surface area (TPSA) is 110 Å². The summed E-state index contributed by atoms with van der Waals surface area (Å²) in [5, 5.41) is 9.78. The van der Waals surface area contributed by atoms with Gasteiger partial charge in [-0.2, -0.15) is 0 Å². The standard InChI is InChI=1S/C18H17ClN2O5S/c1-10-7-13(9-14(11(10)2)18(22)23)27(24,25)20-6-5-17-21-15-8-12(19)3-4-16(15)26-17/h3-4,7-9,20H,5-6H2,1-2H3,(H,22,23). The van der Waals surface area contributed by atoms with Crippen LogP contribution in [0.5, 0.6) is 0 Å². The minimum absolute atomic E-state index is 0.0359. The fourth-order valence-electron chi connectivity index (χ4n) is 2.63. The molecule has 0 aliphatic rings. The van der Waals surface area contributed by atoms with E-state index in [0.29, 0.717) is 33.1 Å². The van der Waals surface area contributed by atoms with Gasteiger partial charge in [-0.3, -0.25) is 0 Å². The van der Waals surface area contributed by atoms with Crippen molar-refractivity contribution in [1.82, 2.24) is 9.71 Å². The molecule has 3 aromatic rings. The van der Waals surface area contributed by atoms with E-state index in [0.717, 1.165) is 6.07 Å². The van der Waals surface area contributed by atoms with Gasteiger partial charge in [0, 0.05) is 18.0 Å². The van der Waals surface area contributed by atoms with Crippen molar-refractivity contribution in [2.45, 2.75) is 25.2 Å². The Morgan fingerprint density at radius 2 is 2.00 bits per heavy atom. The van der Waals surface area contributed by atoms with Gasteiger partial charge < -0.3 is 9.52 Å². The van der Waals surface area contributed by atoms with Gasteiger partial charge in [-0.15, -0.1) is 0 Å². The number of oxazole rings is 1. The molecule has 0 aliphatic heterocycles. The van der Waals surface area contributed by atoms with Gasteiger partial charge in [-0.1, -0.05) is 11.6 Å². The Kier molecular flexibility index (Phi) is 5.23. The predicted octanol–water partition coefficient (Wildman–Crippen LogP) is 3.32. The zero-order valence-corrected chi connectivity index (χ0v) is 16.2. The molecule has 7 nitrogen and oxygen atoms in total. The zero-order valence-electron chi connectivity index (χ0n) is 14.6. The second-order valence-electron chi connectivity index (χ2n) is 6.09. The quantitative estimate of drug-likeness (QED) is 0.647. The van der Waals surface area contributed by atoms with Gasteiger partial charge in [-0.25, -0.2) is 22.9 Å². The predicted molar refractivity (Wildman–Crippen MR) is 101 cm³/mol. The number of aromatic nitrogens is 1. The first kappa shape index (κ1) is 19.3. The number of carbonyl (C=O) groups is 1. The number of nitrogens with one attached hydrogen (secondary N) is 1. The summed E-state index contributed by atoms with van der Waals surface area (Å²) in [6.07, 6.45) is 0.238. The van der Waals surface area contributed by atoms with E-state index in [1.165, 1.54) is 6.07 Å². The van der Waals surface area contributed by atoms with Crippen LogP contribution in [0.25, 0.3) is 11.1 Å². The van der Waals surface area contributed by atoms with E-state index in [1.807, 2.05) is 0 Å². The van der Waals surface area contributed by atoms with Crippen molar-refractivity contribution in [2.24, 2.45) is 0 Å². The lowest BCUT2D eigenvalue weighted by Gasteiger charge is -2.10. The van der Waals surface area contributed by atoms with E-state index in [4.69, 9.17) is 16.0 Å². The number of carboxylic acid groups (broad SMARTS) is 1. The molecule has 0 aliphatic carbocycles. The lowest BCUT2D eigenvalue weighted by Crippen LogP contribution is -2.26. The van der Waals surface area contributed by atoms with Gasteiger partial charge in [0.2, 0.25) is 10.0 Å². The lowest BCUT2D eigenvalue weighted by atomic mass is 10.0. The Balaban J connectivity index is 1.75. The highest BCUT2D eigenvalue weighted by molar-refractivity contribution is 7.89. The molecule has 0 atom stereocenters. The first-order valence-electron chi connectivity index (χ1n) is 8.06. The van der Waals surface area contributed by atoms with Crippen LogP contribution >= 0.6 is 11.6 Å². The second-order valence-corrected chi connectivity index (χ2v) is 8.29. The SMILES string of the molecule is Cc1cc(S(=O)(=O)NCCc2nc3cc(Cl)ccc3o2)cc(C(=O)O)c1C. The number of hydrogen-bond acceptors (Lipinski definition) is 5. The van der Waals surface area contributed by atoms with Crippen LogP contribution in [0.2, 0.25) is 5.02 Å². The van der Waals surface area contributed by atoms with E-state index in [9.17, 15) is 18.3 Å². The van der Waals surface area contributed by atoms with Crippen LogP contribution in [0.4, 0.5) is 0 Å². The Morgan fingerprint density at radius 3 is 2.70 bits per heavy atom. The molecule has 0 saturated heterocycles. The number of aromatic carboxylic acids is 1. The van der Waals surface area contributed by atoms with Gasteiger partial charge in [0.15, 0.2) is 11.5 Å². The highest BCUT2D eigenvalue weighted by Gasteiger charge is 2.19. The van der Waals surface area contributed by atoms with Crippen molar-refractivity contribution >= 4 is 38.7 Å². The summed E-state index contributed by atoms with van der Waals surface area (Å²) in [5.74, 6) is -0.793. The van der Waals surface area contributed by atoms with Gasteiger partial charge in [0.05, 0.1) is 10.5 Å². The van der Waals surface area contributed by atoms with E-state index in [1.54, 1.807) is 32.0 Å². The smallest absolute Gasteiger partial charge is 0.336 e. The van der Waals surface area contributed by atoms with Crippen LogP contribution in [-0.2, 0) is 16.4 Å². The van der Waals surface area contributed by atoms with Gasteiger partial charge in [0.1, 0.15) is 5.52 Å². The number of rotatable bonds is 6. The normalized spacial score (nSPS) is 11.8. The minimum Gasteiger partial charge on any atom is -0.478 e. The molecule has 0 fully saturated rings. The number of benzene rings is 2. The van der Waals surface area contributed by atoms with Crippen molar-refractivity contribution in [1.29, 1.82) is 0 Å². The fraction of sp³-hybridized carbons (Fsp3) is 0.222. The molecule has 3 rings (SSSR count). The van der Waals surface area contributed by atoms with Crippen LogP contribution in [0.3, 0.4) is 0 Å². The van der Waals surface area contributed by atoms with Crippen molar-refractivity contribution in [3.8, 4) is 0 Å². The van der Waals surface area contributed by atoms with Crippen molar-refractivity contribution in [3.63, 3.8) is 0 Å². The van der Waals surface area contributed by atoms with Crippen LogP contribution in [0.1, 0.15) is 27.4 Å². The first-order chi connectivity index (χ1) is 12.7. The average Bonchev–Trinajstić information content (AvgIpc) is 2.98. The van der Waals surface area contributed by atoms with Crippen LogP contribution in [-0.4, -0.2) is 31.0 Å².